The molecule has 1 heterocycles. The molecule has 0 aliphatic carbocycles. The summed E-state index contributed by atoms with van der Waals surface area (Å²) in [6, 6.07) is 4.66. The molecule has 0 atom stereocenters. The minimum Gasteiger partial charge on any atom is -0.493 e. The van der Waals surface area contributed by atoms with Gasteiger partial charge in [0.15, 0.2) is 11.3 Å². The van der Waals surface area contributed by atoms with Crippen LogP contribution in [0.15, 0.2) is 27.4 Å². The number of hydrogen-bond donors (Lipinski definition) is 0. The third-order valence-electron chi connectivity index (χ3n) is 2.90. The second-order valence-electron chi connectivity index (χ2n) is 4.02. The van der Waals surface area contributed by atoms with E-state index in [4.69, 9.17) is 13.9 Å². The van der Waals surface area contributed by atoms with Crippen LogP contribution in [0.1, 0.15) is 5.56 Å². The van der Waals surface area contributed by atoms with E-state index in [-0.39, 0.29) is 12.0 Å². The van der Waals surface area contributed by atoms with Crippen molar-refractivity contribution in [3.05, 3.63) is 34.2 Å². The molecule has 6 nitrogen and oxygen atoms in total. The van der Waals surface area contributed by atoms with Crippen molar-refractivity contribution in [1.82, 2.24) is 0 Å². The Morgan fingerprint density at radius 3 is 2.55 bits per heavy atom. The van der Waals surface area contributed by atoms with Gasteiger partial charge in [-0.3, -0.25) is 4.79 Å². The average Bonchev–Trinajstić information content (AvgIpc) is 2.45. The molecule has 0 spiro atoms. The predicted molar refractivity (Wildman–Crippen MR) is 71.3 cm³/mol. The Labute approximate surface area is 114 Å². The Morgan fingerprint density at radius 1 is 1.20 bits per heavy atom. The van der Waals surface area contributed by atoms with Crippen molar-refractivity contribution in [3.63, 3.8) is 0 Å². The fourth-order valence-corrected chi connectivity index (χ4v) is 1.98. The molecule has 2 rings (SSSR count). The lowest BCUT2D eigenvalue weighted by Gasteiger charge is -2.11. The molecule has 0 radical (unpaired) electrons. The highest BCUT2D eigenvalue weighted by Gasteiger charge is 2.16. The summed E-state index contributed by atoms with van der Waals surface area (Å²) < 4.78 is 20.2. The molecule has 0 unspecified atom stereocenters. The standard InChI is InChI=1S/C14H14O6/c1-17-10-5-4-9-8(6-11(15)18-2)7-12(16)20-13(9)14(10)19-3/h4-5,7H,6H2,1-3H3. The van der Waals surface area contributed by atoms with Crippen molar-refractivity contribution in [2.75, 3.05) is 21.3 Å². The van der Waals surface area contributed by atoms with Gasteiger partial charge < -0.3 is 18.6 Å². The maximum atomic E-state index is 11.6. The second-order valence-corrected chi connectivity index (χ2v) is 4.02. The Balaban J connectivity index is 2.72. The highest BCUT2D eigenvalue weighted by molar-refractivity contribution is 5.90. The molecule has 0 saturated carbocycles. The van der Waals surface area contributed by atoms with Crippen LogP contribution in [0.4, 0.5) is 0 Å². The first-order valence-corrected chi connectivity index (χ1v) is 5.85. The van der Waals surface area contributed by atoms with Crippen molar-refractivity contribution < 1.29 is 23.4 Å². The molecule has 0 bridgehead atoms. The number of ether oxygens (including phenoxy) is 3. The van der Waals surface area contributed by atoms with E-state index in [1.165, 1.54) is 27.4 Å². The zero-order valence-electron chi connectivity index (χ0n) is 11.4. The van der Waals surface area contributed by atoms with Gasteiger partial charge in [-0.25, -0.2) is 4.79 Å². The van der Waals surface area contributed by atoms with Crippen molar-refractivity contribution in [2.24, 2.45) is 0 Å². The van der Waals surface area contributed by atoms with Crippen molar-refractivity contribution in [1.29, 1.82) is 0 Å². The Bertz CT molecular complexity index is 701. The first-order valence-electron chi connectivity index (χ1n) is 5.85. The van der Waals surface area contributed by atoms with Gasteiger partial charge in [0.2, 0.25) is 5.75 Å². The molecule has 0 amide bonds. The zero-order valence-corrected chi connectivity index (χ0v) is 11.4. The fraction of sp³-hybridized carbons (Fsp3) is 0.286. The van der Waals surface area contributed by atoms with Crippen LogP contribution < -0.4 is 15.1 Å². The molecule has 0 aliphatic heterocycles. The van der Waals surface area contributed by atoms with E-state index in [0.717, 1.165) is 0 Å². The number of hydrogen-bond acceptors (Lipinski definition) is 6. The van der Waals surface area contributed by atoms with E-state index in [1.807, 2.05) is 0 Å². The number of methoxy groups -OCH3 is 3. The zero-order chi connectivity index (χ0) is 14.7. The van der Waals surface area contributed by atoms with Crippen molar-refractivity contribution >= 4 is 16.9 Å². The van der Waals surface area contributed by atoms with Gasteiger partial charge in [-0.1, -0.05) is 0 Å². The highest BCUT2D eigenvalue weighted by atomic mass is 16.5. The summed E-state index contributed by atoms with van der Waals surface area (Å²) in [5, 5.41) is 0.604. The fourth-order valence-electron chi connectivity index (χ4n) is 1.98. The normalized spacial score (nSPS) is 10.3. The third-order valence-corrected chi connectivity index (χ3v) is 2.90. The summed E-state index contributed by atoms with van der Waals surface area (Å²) in [6.07, 6.45) is -0.0198. The first kappa shape index (κ1) is 13.9. The van der Waals surface area contributed by atoms with Crippen LogP contribution >= 0.6 is 0 Å². The number of esters is 1. The summed E-state index contributed by atoms with van der Waals surface area (Å²) in [5.74, 6) is 0.318. The van der Waals surface area contributed by atoms with Crippen LogP contribution in [-0.2, 0) is 16.0 Å². The average molecular weight is 278 g/mol. The summed E-state index contributed by atoms with van der Waals surface area (Å²) in [5.41, 5.74) is 0.199. The summed E-state index contributed by atoms with van der Waals surface area (Å²) in [4.78, 5) is 23.0. The van der Waals surface area contributed by atoms with Crippen LogP contribution in [0.25, 0.3) is 11.0 Å². The summed E-state index contributed by atoms with van der Waals surface area (Å²) in [7, 11) is 4.23. The van der Waals surface area contributed by atoms with Gasteiger partial charge in [0, 0.05) is 11.5 Å². The third kappa shape index (κ3) is 2.45. The number of carbonyl (C=O) groups is 1. The van der Waals surface area contributed by atoms with Gasteiger partial charge in [-0.05, 0) is 17.7 Å². The Hall–Kier alpha value is -2.50. The highest BCUT2D eigenvalue weighted by Crippen LogP contribution is 2.35. The largest absolute Gasteiger partial charge is 0.493 e. The van der Waals surface area contributed by atoms with Gasteiger partial charge in [-0.2, -0.15) is 0 Å². The molecule has 20 heavy (non-hydrogen) atoms. The minimum atomic E-state index is -0.567. The van der Waals surface area contributed by atoms with Gasteiger partial charge in [0.1, 0.15) is 0 Å². The minimum absolute atomic E-state index is 0.0198. The van der Waals surface area contributed by atoms with Crippen LogP contribution in [0, 0.1) is 0 Å². The van der Waals surface area contributed by atoms with Crippen LogP contribution in [0.3, 0.4) is 0 Å². The molecular formula is C14H14O6. The molecule has 0 N–H and O–H groups in total. The maximum absolute atomic E-state index is 11.6. The molecule has 0 saturated heterocycles. The molecule has 1 aromatic heterocycles. The van der Waals surface area contributed by atoms with Gasteiger partial charge in [0.05, 0.1) is 27.8 Å². The van der Waals surface area contributed by atoms with E-state index in [0.29, 0.717) is 22.4 Å². The molecule has 0 aliphatic rings. The maximum Gasteiger partial charge on any atom is 0.336 e. The first-order chi connectivity index (χ1) is 9.60. The van der Waals surface area contributed by atoms with Gasteiger partial charge in [0.25, 0.3) is 0 Å². The Kier molecular flexibility index (Phi) is 3.93. The van der Waals surface area contributed by atoms with E-state index < -0.39 is 11.6 Å². The second kappa shape index (κ2) is 5.64. The van der Waals surface area contributed by atoms with E-state index >= 15 is 0 Å². The SMILES string of the molecule is COC(=O)Cc1cc(=O)oc2c(OC)c(OC)ccc12. The summed E-state index contributed by atoms with van der Waals surface area (Å²) >= 11 is 0. The number of rotatable bonds is 4. The molecule has 106 valence electrons. The van der Waals surface area contributed by atoms with Crippen molar-refractivity contribution in [2.45, 2.75) is 6.42 Å². The quantitative estimate of drug-likeness (QED) is 0.623. The molecule has 2 aromatic rings. The van der Waals surface area contributed by atoms with Crippen LogP contribution in [-0.4, -0.2) is 27.3 Å². The lowest BCUT2D eigenvalue weighted by Crippen LogP contribution is -2.09. The molecular weight excluding hydrogens is 264 g/mol. The smallest absolute Gasteiger partial charge is 0.336 e. The van der Waals surface area contributed by atoms with Gasteiger partial charge in [-0.15, -0.1) is 0 Å². The predicted octanol–water partition coefficient (Wildman–Crippen LogP) is 1.53. The Morgan fingerprint density at radius 2 is 1.95 bits per heavy atom. The molecule has 6 heteroatoms. The van der Waals surface area contributed by atoms with E-state index in [1.54, 1.807) is 12.1 Å². The van der Waals surface area contributed by atoms with Crippen LogP contribution in [0.5, 0.6) is 11.5 Å². The number of benzene rings is 1. The topological polar surface area (TPSA) is 75.0 Å². The monoisotopic (exact) mass is 278 g/mol. The molecule has 0 fully saturated rings. The number of fused-ring (bicyclic) bond motifs is 1. The van der Waals surface area contributed by atoms with E-state index in [9.17, 15) is 9.59 Å². The van der Waals surface area contributed by atoms with Gasteiger partial charge >= 0.3 is 11.6 Å². The van der Waals surface area contributed by atoms with E-state index in [2.05, 4.69) is 4.74 Å². The van der Waals surface area contributed by atoms with Crippen LogP contribution in [0.2, 0.25) is 0 Å². The summed E-state index contributed by atoms with van der Waals surface area (Å²) in [6.45, 7) is 0. The number of carbonyl (C=O) groups excluding carboxylic acids is 1. The lowest BCUT2D eigenvalue weighted by atomic mass is 10.1. The lowest BCUT2D eigenvalue weighted by molar-refractivity contribution is -0.139. The molecule has 1 aromatic carbocycles. The van der Waals surface area contributed by atoms with Crippen molar-refractivity contribution in [3.8, 4) is 11.5 Å².